The van der Waals surface area contributed by atoms with Crippen LogP contribution in [0.1, 0.15) is 39.9 Å². The van der Waals surface area contributed by atoms with Crippen LogP contribution in [0.5, 0.6) is 0 Å². The third-order valence-corrected chi connectivity index (χ3v) is 6.88. The Bertz CT molecular complexity index is 1020. The van der Waals surface area contributed by atoms with E-state index in [1.54, 1.807) is 11.3 Å². The van der Waals surface area contributed by atoms with Gasteiger partial charge in [0.2, 0.25) is 5.91 Å². The summed E-state index contributed by atoms with van der Waals surface area (Å²) in [5.41, 5.74) is 5.48. The molecule has 2 aromatic heterocycles. The van der Waals surface area contributed by atoms with Gasteiger partial charge in [-0.3, -0.25) is 4.79 Å². The number of anilines is 1. The quantitative estimate of drug-likeness (QED) is 0.454. The highest BCUT2D eigenvalue weighted by Gasteiger charge is 2.21. The second kappa shape index (κ2) is 7.60. The third-order valence-electron chi connectivity index (χ3n) is 4.69. The minimum Gasteiger partial charge on any atom is -0.325 e. The van der Waals surface area contributed by atoms with Gasteiger partial charge in [0.05, 0.1) is 5.25 Å². The van der Waals surface area contributed by atoms with E-state index in [0.717, 1.165) is 37.9 Å². The molecular weight excluding hydrogens is 374 g/mol. The Morgan fingerprint density at radius 2 is 1.70 bits per heavy atom. The summed E-state index contributed by atoms with van der Waals surface area (Å²) in [7, 11) is 0. The lowest BCUT2D eigenvalue weighted by Gasteiger charge is -2.16. The molecule has 0 radical (unpaired) electrons. The summed E-state index contributed by atoms with van der Waals surface area (Å²) in [4.78, 5) is 24.3. The van der Waals surface area contributed by atoms with Gasteiger partial charge in [-0.1, -0.05) is 29.5 Å². The number of carbonyl (C=O) groups excluding carboxylic acids is 1. The monoisotopic (exact) mass is 399 g/mol. The van der Waals surface area contributed by atoms with E-state index in [1.807, 2.05) is 27.7 Å². The van der Waals surface area contributed by atoms with Gasteiger partial charge in [0.1, 0.15) is 15.7 Å². The van der Waals surface area contributed by atoms with Crippen LogP contribution in [0.25, 0.3) is 10.2 Å². The molecule has 0 unspecified atom stereocenters. The highest BCUT2D eigenvalue weighted by atomic mass is 32.2. The molecular formula is C21H25N3OS2. The van der Waals surface area contributed by atoms with Crippen molar-refractivity contribution in [1.29, 1.82) is 0 Å². The van der Waals surface area contributed by atoms with Crippen molar-refractivity contribution < 1.29 is 4.79 Å². The van der Waals surface area contributed by atoms with Crippen LogP contribution in [-0.2, 0) is 4.79 Å². The highest BCUT2D eigenvalue weighted by Crippen LogP contribution is 2.37. The van der Waals surface area contributed by atoms with Gasteiger partial charge in [-0.2, -0.15) is 0 Å². The SMILES string of the molecule is Cc1cc(C)c(NC(=O)[C@H](C)Sc2nc(C)nc3sc(C)c(C)c23)c(C)c1. The minimum absolute atomic E-state index is 0.0101. The largest absolute Gasteiger partial charge is 0.325 e. The van der Waals surface area contributed by atoms with Crippen LogP contribution in [0.2, 0.25) is 0 Å². The third kappa shape index (κ3) is 4.01. The first-order valence-corrected chi connectivity index (χ1v) is 10.7. The molecule has 0 aliphatic heterocycles. The van der Waals surface area contributed by atoms with E-state index >= 15 is 0 Å². The molecule has 27 heavy (non-hydrogen) atoms. The smallest absolute Gasteiger partial charge is 0.237 e. The number of fused-ring (bicyclic) bond motifs is 1. The van der Waals surface area contributed by atoms with Crippen LogP contribution < -0.4 is 5.32 Å². The van der Waals surface area contributed by atoms with Crippen LogP contribution in [0.3, 0.4) is 0 Å². The number of nitrogens with one attached hydrogen (secondary N) is 1. The minimum atomic E-state index is -0.262. The molecule has 1 atom stereocenters. The number of benzene rings is 1. The van der Waals surface area contributed by atoms with Crippen molar-refractivity contribution in [1.82, 2.24) is 9.97 Å². The number of thioether (sulfide) groups is 1. The fourth-order valence-electron chi connectivity index (χ4n) is 3.22. The number of rotatable bonds is 4. The summed E-state index contributed by atoms with van der Waals surface area (Å²) in [6.07, 6.45) is 0. The second-order valence-electron chi connectivity index (χ2n) is 7.06. The molecule has 0 aliphatic carbocycles. The summed E-state index contributed by atoms with van der Waals surface area (Å²) in [5, 5.41) is 4.81. The van der Waals surface area contributed by atoms with Crippen molar-refractivity contribution in [3.8, 4) is 0 Å². The van der Waals surface area contributed by atoms with E-state index in [2.05, 4.69) is 48.2 Å². The maximum Gasteiger partial charge on any atom is 0.237 e. The van der Waals surface area contributed by atoms with Crippen molar-refractivity contribution in [3.05, 3.63) is 45.1 Å². The van der Waals surface area contributed by atoms with E-state index in [0.29, 0.717) is 0 Å². The van der Waals surface area contributed by atoms with Crippen LogP contribution >= 0.6 is 23.1 Å². The zero-order valence-electron chi connectivity index (χ0n) is 16.9. The topological polar surface area (TPSA) is 54.9 Å². The molecule has 1 N–H and O–H groups in total. The molecule has 142 valence electrons. The van der Waals surface area contributed by atoms with Gasteiger partial charge in [-0.05, 0) is 65.2 Å². The summed E-state index contributed by atoms with van der Waals surface area (Å²) < 4.78 is 0. The van der Waals surface area contributed by atoms with Gasteiger partial charge in [0.15, 0.2) is 0 Å². The van der Waals surface area contributed by atoms with Crippen LogP contribution in [0.15, 0.2) is 17.2 Å². The number of aromatic nitrogens is 2. The lowest BCUT2D eigenvalue weighted by Crippen LogP contribution is -2.23. The molecule has 0 bridgehead atoms. The summed E-state index contributed by atoms with van der Waals surface area (Å²) in [6, 6.07) is 4.18. The molecule has 4 nitrogen and oxygen atoms in total. The molecule has 2 heterocycles. The zero-order chi connectivity index (χ0) is 19.9. The molecule has 6 heteroatoms. The van der Waals surface area contributed by atoms with Gasteiger partial charge in [-0.15, -0.1) is 11.3 Å². The fraction of sp³-hybridized carbons (Fsp3) is 0.381. The van der Waals surface area contributed by atoms with E-state index < -0.39 is 0 Å². The maximum absolute atomic E-state index is 12.8. The van der Waals surface area contributed by atoms with Crippen LogP contribution in [0, 0.1) is 41.5 Å². The van der Waals surface area contributed by atoms with E-state index in [-0.39, 0.29) is 11.2 Å². The number of hydrogen-bond acceptors (Lipinski definition) is 5. The standard InChI is InChI=1S/C21H25N3OS2/c1-10-8-11(2)18(12(3)9-10)24-19(25)15(6)27-21-17-13(4)14(5)26-20(17)22-16(7)23-21/h8-9,15H,1-7H3,(H,24,25)/t15-/m0/s1. The second-order valence-corrected chi connectivity index (χ2v) is 9.60. The van der Waals surface area contributed by atoms with E-state index in [9.17, 15) is 4.79 Å². The Kier molecular flexibility index (Phi) is 5.58. The average molecular weight is 400 g/mol. The predicted molar refractivity (Wildman–Crippen MR) is 116 cm³/mol. The van der Waals surface area contributed by atoms with Gasteiger partial charge in [-0.25, -0.2) is 9.97 Å². The Morgan fingerprint density at radius 3 is 2.33 bits per heavy atom. The number of hydrogen-bond donors (Lipinski definition) is 1. The first-order chi connectivity index (χ1) is 12.7. The Hall–Kier alpha value is -1.92. The summed E-state index contributed by atoms with van der Waals surface area (Å²) >= 11 is 3.19. The molecule has 0 spiro atoms. The Morgan fingerprint density at radius 1 is 1.07 bits per heavy atom. The Labute approximate surface area is 168 Å². The number of nitrogens with zero attached hydrogens (tertiary/aromatic N) is 2. The maximum atomic E-state index is 12.8. The molecule has 3 aromatic rings. The first-order valence-electron chi connectivity index (χ1n) is 8.97. The van der Waals surface area contributed by atoms with E-state index in [1.165, 1.54) is 27.8 Å². The number of amides is 1. The molecule has 0 saturated heterocycles. The highest BCUT2D eigenvalue weighted by molar-refractivity contribution is 8.00. The van der Waals surface area contributed by atoms with Crippen molar-refractivity contribution in [2.75, 3.05) is 5.32 Å². The summed E-state index contributed by atoms with van der Waals surface area (Å²) in [6.45, 7) is 14.2. The molecule has 1 amide bonds. The Balaban J connectivity index is 1.87. The van der Waals surface area contributed by atoms with Crippen molar-refractivity contribution in [2.24, 2.45) is 0 Å². The van der Waals surface area contributed by atoms with Gasteiger partial charge < -0.3 is 5.32 Å². The van der Waals surface area contributed by atoms with Crippen molar-refractivity contribution in [2.45, 2.75) is 58.7 Å². The van der Waals surface area contributed by atoms with E-state index in [4.69, 9.17) is 0 Å². The average Bonchev–Trinajstić information content (AvgIpc) is 2.84. The number of carbonyl (C=O) groups is 1. The normalized spacial score (nSPS) is 12.4. The zero-order valence-corrected chi connectivity index (χ0v) is 18.5. The fourth-order valence-corrected chi connectivity index (χ4v) is 5.42. The first kappa shape index (κ1) is 19.8. The number of aryl methyl sites for hydroxylation is 6. The predicted octanol–water partition coefficient (Wildman–Crippen LogP) is 5.66. The number of thiophene rings is 1. The lowest BCUT2D eigenvalue weighted by atomic mass is 10.1. The van der Waals surface area contributed by atoms with Crippen LogP contribution in [-0.4, -0.2) is 21.1 Å². The lowest BCUT2D eigenvalue weighted by molar-refractivity contribution is -0.115. The molecule has 0 fully saturated rings. The van der Waals surface area contributed by atoms with Crippen molar-refractivity contribution in [3.63, 3.8) is 0 Å². The molecule has 1 aromatic carbocycles. The molecule has 0 saturated carbocycles. The van der Waals surface area contributed by atoms with Gasteiger partial charge in [0.25, 0.3) is 0 Å². The van der Waals surface area contributed by atoms with Crippen LogP contribution in [0.4, 0.5) is 5.69 Å². The summed E-state index contributed by atoms with van der Waals surface area (Å²) in [5.74, 6) is 0.730. The van der Waals surface area contributed by atoms with Gasteiger partial charge >= 0.3 is 0 Å². The van der Waals surface area contributed by atoms with Crippen molar-refractivity contribution >= 4 is 44.9 Å². The van der Waals surface area contributed by atoms with Gasteiger partial charge in [0, 0.05) is 16.0 Å². The molecule has 0 aliphatic rings. The molecule has 3 rings (SSSR count).